The number of benzene rings is 2. The molecule has 4 N–H and O–H groups in total. The molecule has 4 atom stereocenters. The Bertz CT molecular complexity index is 967. The summed E-state index contributed by atoms with van der Waals surface area (Å²) >= 11 is 0. The summed E-state index contributed by atoms with van der Waals surface area (Å²) in [6.07, 6.45) is 3.28. The second-order valence-corrected chi connectivity index (χ2v) is 8.34. The van der Waals surface area contributed by atoms with Crippen LogP contribution in [0.3, 0.4) is 0 Å². The monoisotopic (exact) mass is 451 g/mol. The Balaban J connectivity index is 1.91. The first-order chi connectivity index (χ1) is 15.9. The molecule has 174 valence electrons. The zero-order valence-electron chi connectivity index (χ0n) is 18.3. The van der Waals surface area contributed by atoms with Crippen LogP contribution in [0.2, 0.25) is 0 Å². The van der Waals surface area contributed by atoms with E-state index in [1.54, 1.807) is 30.3 Å². The molecule has 8 nitrogen and oxygen atoms in total. The van der Waals surface area contributed by atoms with Gasteiger partial charge in [0.2, 0.25) is 18.2 Å². The summed E-state index contributed by atoms with van der Waals surface area (Å²) in [5.41, 5.74) is 6.87. The van der Waals surface area contributed by atoms with Gasteiger partial charge in [0, 0.05) is 23.9 Å². The SMILES string of the molecule is NC(=O)C1CCCCC1[C@H](NC(=O)[C@H](Cc1ccccc1)N(C=O)c1ccccc1)C(=O)O. The molecule has 33 heavy (non-hydrogen) atoms. The minimum atomic E-state index is -1.28. The van der Waals surface area contributed by atoms with E-state index in [-0.39, 0.29) is 6.42 Å². The summed E-state index contributed by atoms with van der Waals surface area (Å²) < 4.78 is 0. The van der Waals surface area contributed by atoms with Crippen LogP contribution in [0, 0.1) is 11.8 Å². The summed E-state index contributed by atoms with van der Waals surface area (Å²) in [5, 5.41) is 12.5. The van der Waals surface area contributed by atoms with E-state index < -0.39 is 41.7 Å². The lowest BCUT2D eigenvalue weighted by Gasteiger charge is -2.35. The van der Waals surface area contributed by atoms with Crippen molar-refractivity contribution in [2.45, 2.75) is 44.2 Å². The average molecular weight is 452 g/mol. The molecule has 1 saturated carbocycles. The van der Waals surface area contributed by atoms with Crippen molar-refractivity contribution in [2.24, 2.45) is 17.6 Å². The maximum Gasteiger partial charge on any atom is 0.326 e. The Kier molecular flexibility index (Phi) is 8.18. The summed E-state index contributed by atoms with van der Waals surface area (Å²) in [6.45, 7) is 0. The number of carbonyl (C=O) groups is 4. The number of nitrogens with two attached hydrogens (primary N) is 1. The molecule has 0 saturated heterocycles. The van der Waals surface area contributed by atoms with E-state index in [1.165, 1.54) is 4.90 Å². The predicted octanol–water partition coefficient (Wildman–Crippen LogP) is 2.12. The van der Waals surface area contributed by atoms with Gasteiger partial charge in [0.15, 0.2) is 0 Å². The van der Waals surface area contributed by atoms with Crippen molar-refractivity contribution >= 4 is 29.9 Å². The Morgan fingerprint density at radius 1 is 1.03 bits per heavy atom. The first kappa shape index (κ1) is 24.0. The number of amides is 3. The molecule has 0 bridgehead atoms. The summed E-state index contributed by atoms with van der Waals surface area (Å²) in [5.74, 6) is -3.60. The van der Waals surface area contributed by atoms with Crippen molar-refractivity contribution in [3.8, 4) is 0 Å². The molecule has 2 unspecified atom stereocenters. The van der Waals surface area contributed by atoms with Crippen molar-refractivity contribution < 1.29 is 24.3 Å². The van der Waals surface area contributed by atoms with E-state index in [2.05, 4.69) is 5.32 Å². The Labute approximate surface area is 192 Å². The zero-order chi connectivity index (χ0) is 23.8. The number of primary amides is 1. The minimum Gasteiger partial charge on any atom is -0.480 e. The third-order valence-electron chi connectivity index (χ3n) is 6.26. The largest absolute Gasteiger partial charge is 0.480 e. The number of hydrogen-bond donors (Lipinski definition) is 3. The van der Waals surface area contributed by atoms with Crippen molar-refractivity contribution in [3.05, 3.63) is 66.2 Å². The van der Waals surface area contributed by atoms with E-state index in [0.29, 0.717) is 24.9 Å². The number of hydrogen-bond acceptors (Lipinski definition) is 4. The number of carboxylic acid groups (broad SMARTS) is 1. The van der Waals surface area contributed by atoms with Gasteiger partial charge in [0.05, 0.1) is 0 Å². The van der Waals surface area contributed by atoms with Crippen molar-refractivity contribution in [1.29, 1.82) is 0 Å². The quantitative estimate of drug-likeness (QED) is 0.477. The van der Waals surface area contributed by atoms with Crippen molar-refractivity contribution in [1.82, 2.24) is 5.32 Å². The first-order valence-electron chi connectivity index (χ1n) is 11.1. The fraction of sp³-hybridized carbons (Fsp3) is 0.360. The highest BCUT2D eigenvalue weighted by atomic mass is 16.4. The van der Waals surface area contributed by atoms with Crippen LogP contribution in [0.25, 0.3) is 0 Å². The van der Waals surface area contributed by atoms with Crippen molar-refractivity contribution in [2.75, 3.05) is 4.90 Å². The lowest BCUT2D eigenvalue weighted by atomic mass is 9.74. The fourth-order valence-corrected chi connectivity index (χ4v) is 4.58. The summed E-state index contributed by atoms with van der Waals surface area (Å²) in [4.78, 5) is 50.9. The fourth-order valence-electron chi connectivity index (χ4n) is 4.58. The molecule has 1 aliphatic rings. The van der Waals surface area contributed by atoms with Gasteiger partial charge in [-0.2, -0.15) is 0 Å². The number of rotatable bonds is 10. The zero-order valence-corrected chi connectivity index (χ0v) is 18.3. The highest BCUT2D eigenvalue weighted by molar-refractivity contribution is 5.94. The number of nitrogens with one attached hydrogen (secondary N) is 1. The first-order valence-corrected chi connectivity index (χ1v) is 11.1. The highest BCUT2D eigenvalue weighted by Crippen LogP contribution is 2.32. The molecule has 0 heterocycles. The van der Waals surface area contributed by atoms with Crippen LogP contribution in [0.4, 0.5) is 5.69 Å². The van der Waals surface area contributed by atoms with Gasteiger partial charge in [-0.1, -0.05) is 61.4 Å². The maximum absolute atomic E-state index is 13.5. The van der Waals surface area contributed by atoms with Gasteiger partial charge >= 0.3 is 5.97 Å². The highest BCUT2D eigenvalue weighted by Gasteiger charge is 2.41. The Morgan fingerprint density at radius 3 is 2.21 bits per heavy atom. The third-order valence-corrected chi connectivity index (χ3v) is 6.26. The summed E-state index contributed by atoms with van der Waals surface area (Å²) in [7, 11) is 0. The van der Waals surface area contributed by atoms with Gasteiger partial charge in [-0.15, -0.1) is 0 Å². The van der Waals surface area contributed by atoms with Crippen LogP contribution < -0.4 is 16.0 Å². The number of carbonyl (C=O) groups excluding carboxylic acids is 3. The maximum atomic E-state index is 13.5. The van der Waals surface area contributed by atoms with Gasteiger partial charge in [0.1, 0.15) is 12.1 Å². The second kappa shape index (κ2) is 11.3. The normalized spacial score (nSPS) is 19.6. The van der Waals surface area contributed by atoms with Gasteiger partial charge in [-0.05, 0) is 30.5 Å². The van der Waals surface area contributed by atoms with E-state index in [4.69, 9.17) is 5.73 Å². The molecule has 1 fully saturated rings. The second-order valence-electron chi connectivity index (χ2n) is 8.34. The molecule has 8 heteroatoms. The lowest BCUT2D eigenvalue weighted by molar-refractivity contribution is -0.145. The molecular formula is C25H29N3O5. The Hall–Kier alpha value is -3.68. The van der Waals surface area contributed by atoms with E-state index >= 15 is 0 Å². The molecule has 0 spiro atoms. The van der Waals surface area contributed by atoms with E-state index in [1.807, 2.05) is 30.3 Å². The van der Waals surface area contributed by atoms with Gasteiger partial charge in [-0.25, -0.2) is 4.79 Å². The number of aliphatic carboxylic acids is 1. The molecule has 2 aromatic carbocycles. The van der Waals surface area contributed by atoms with Crippen molar-refractivity contribution in [3.63, 3.8) is 0 Å². The molecule has 0 radical (unpaired) electrons. The molecule has 3 rings (SSSR count). The number of anilines is 1. The summed E-state index contributed by atoms with van der Waals surface area (Å²) in [6, 6.07) is 15.6. The van der Waals surface area contributed by atoms with Crippen LogP contribution in [-0.4, -0.2) is 41.4 Å². The van der Waals surface area contributed by atoms with Crippen LogP contribution in [0.1, 0.15) is 31.2 Å². The molecular weight excluding hydrogens is 422 g/mol. The standard InChI is InChI=1S/C25H29N3O5/c26-23(30)20-14-8-7-13-19(20)22(25(32)33)27-24(31)21(15-17-9-3-1-4-10-17)28(16-29)18-11-5-2-6-12-18/h1-6,9-12,16,19-22H,7-8,13-15H2,(H2,26,30)(H,27,31)(H,32,33)/t19?,20?,21-,22-/m0/s1. The van der Waals surface area contributed by atoms with E-state index in [0.717, 1.165) is 18.4 Å². The van der Waals surface area contributed by atoms with Crippen LogP contribution in [0.15, 0.2) is 60.7 Å². The van der Waals surface area contributed by atoms with E-state index in [9.17, 15) is 24.3 Å². The molecule has 1 aliphatic carbocycles. The van der Waals surface area contributed by atoms with Crippen LogP contribution in [0.5, 0.6) is 0 Å². The van der Waals surface area contributed by atoms with Gasteiger partial charge < -0.3 is 21.1 Å². The van der Waals surface area contributed by atoms with Gasteiger partial charge in [0.25, 0.3) is 0 Å². The topological polar surface area (TPSA) is 130 Å². The third kappa shape index (κ3) is 5.97. The molecule has 2 aromatic rings. The van der Waals surface area contributed by atoms with Crippen LogP contribution in [-0.2, 0) is 25.6 Å². The average Bonchev–Trinajstić information content (AvgIpc) is 2.83. The lowest BCUT2D eigenvalue weighted by Crippen LogP contribution is -2.56. The molecule has 3 amide bonds. The minimum absolute atomic E-state index is 0.191. The smallest absolute Gasteiger partial charge is 0.326 e. The number of nitrogens with zero attached hydrogens (tertiary/aromatic N) is 1. The van der Waals surface area contributed by atoms with Gasteiger partial charge in [-0.3, -0.25) is 14.4 Å². The Morgan fingerprint density at radius 2 is 1.64 bits per heavy atom. The number of carboxylic acids is 1. The molecule has 0 aliphatic heterocycles. The van der Waals surface area contributed by atoms with Crippen LogP contribution >= 0.6 is 0 Å². The predicted molar refractivity (Wildman–Crippen MR) is 123 cm³/mol. The molecule has 0 aromatic heterocycles. The number of para-hydroxylation sites is 1.